The molecule has 1 aliphatic heterocycles. The zero-order valence-electron chi connectivity index (χ0n) is 24.0. The van der Waals surface area contributed by atoms with E-state index in [1.807, 2.05) is 18.2 Å². The second kappa shape index (κ2) is 11.8. The van der Waals surface area contributed by atoms with Crippen LogP contribution in [-0.2, 0) is 10.0 Å². The zero-order valence-corrected chi connectivity index (χ0v) is 24.9. The van der Waals surface area contributed by atoms with Gasteiger partial charge in [0.25, 0.3) is 0 Å². The number of nitrogens with one attached hydrogen (secondary N) is 1. The normalized spacial score (nSPS) is 16.0. The second-order valence-electron chi connectivity index (χ2n) is 10.9. The van der Waals surface area contributed by atoms with E-state index in [1.165, 1.54) is 24.7 Å². The predicted octanol–water partition coefficient (Wildman–Crippen LogP) is 5.59. The van der Waals surface area contributed by atoms with Crippen LogP contribution in [0.3, 0.4) is 0 Å². The van der Waals surface area contributed by atoms with Gasteiger partial charge in [0.05, 0.1) is 36.6 Å². The van der Waals surface area contributed by atoms with Gasteiger partial charge in [0, 0.05) is 36.6 Å². The first kappa shape index (κ1) is 28.8. The molecule has 2 aliphatic rings. The molecule has 224 valence electrons. The van der Waals surface area contributed by atoms with Crippen LogP contribution < -0.4 is 14.8 Å². The molecule has 0 radical (unpaired) electrons. The lowest BCUT2D eigenvalue weighted by atomic mass is 9.95. The van der Waals surface area contributed by atoms with Crippen molar-refractivity contribution >= 4 is 38.3 Å². The Labute approximate surface area is 250 Å². The molecule has 4 aromatic rings. The van der Waals surface area contributed by atoms with Crippen LogP contribution >= 0.6 is 0 Å². The van der Waals surface area contributed by atoms with Crippen LogP contribution in [0, 0.1) is 0 Å². The second-order valence-corrected chi connectivity index (χ2v) is 12.8. The SMILES string of the molecule is COc1ncc(-c2ccc3c(Nc4cc(C(=O)O)cc(C5CCCC5)c4)c(S(=O)(=O)N4CCCC4)cnc3c2)c(OC)n1. The molecule has 2 fully saturated rings. The largest absolute Gasteiger partial charge is 0.480 e. The Bertz CT molecular complexity index is 1800. The predicted molar refractivity (Wildman–Crippen MR) is 162 cm³/mol. The molecule has 2 aromatic carbocycles. The first-order valence-corrected chi connectivity index (χ1v) is 15.8. The van der Waals surface area contributed by atoms with Crippen LogP contribution in [0.15, 0.2) is 53.7 Å². The number of rotatable bonds is 9. The smallest absolute Gasteiger partial charge is 0.335 e. The van der Waals surface area contributed by atoms with E-state index in [4.69, 9.17) is 9.47 Å². The van der Waals surface area contributed by atoms with Crippen molar-refractivity contribution in [3.8, 4) is 23.0 Å². The van der Waals surface area contributed by atoms with Crippen molar-refractivity contribution in [1.29, 1.82) is 0 Å². The van der Waals surface area contributed by atoms with Gasteiger partial charge in [0.1, 0.15) is 4.90 Å². The van der Waals surface area contributed by atoms with Gasteiger partial charge >= 0.3 is 12.0 Å². The van der Waals surface area contributed by atoms with Crippen molar-refractivity contribution in [2.45, 2.75) is 49.3 Å². The molecule has 0 atom stereocenters. The van der Waals surface area contributed by atoms with Crippen molar-refractivity contribution in [1.82, 2.24) is 19.3 Å². The van der Waals surface area contributed by atoms with Gasteiger partial charge in [-0.15, -0.1) is 0 Å². The summed E-state index contributed by atoms with van der Waals surface area (Å²) in [7, 11) is -0.897. The lowest BCUT2D eigenvalue weighted by molar-refractivity contribution is 0.0696. The lowest BCUT2D eigenvalue weighted by Crippen LogP contribution is -2.28. The number of carbonyl (C=O) groups is 1. The monoisotopic (exact) mass is 603 g/mol. The summed E-state index contributed by atoms with van der Waals surface area (Å²) in [4.78, 5) is 25.2. The number of sulfonamides is 1. The molecule has 0 spiro atoms. The first-order chi connectivity index (χ1) is 20.8. The molecular weight excluding hydrogens is 570 g/mol. The minimum Gasteiger partial charge on any atom is -0.480 e. The Morgan fingerprint density at radius 1 is 0.977 bits per heavy atom. The van der Waals surface area contributed by atoms with E-state index in [0.717, 1.165) is 49.7 Å². The van der Waals surface area contributed by atoms with Gasteiger partial charge in [0.15, 0.2) is 0 Å². The fraction of sp³-hybridized carbons (Fsp3) is 0.355. The standard InChI is InChI=1S/C31H33N5O6S/c1-41-29-25(17-33-31(35-29)42-2)20-9-10-24-26(16-20)32-18-27(43(39,40)36-11-5-6-12-36)28(24)34-23-14-21(19-7-3-4-8-19)13-22(15-23)30(37)38/h9-10,13-19H,3-8,11-12H2,1-2H3,(H,32,34)(H,37,38). The van der Waals surface area contributed by atoms with Gasteiger partial charge in [-0.2, -0.15) is 9.29 Å². The minimum absolute atomic E-state index is 0.0446. The average molecular weight is 604 g/mol. The quantitative estimate of drug-likeness (QED) is 0.248. The summed E-state index contributed by atoms with van der Waals surface area (Å²) in [6, 6.07) is 10.8. The van der Waals surface area contributed by atoms with Crippen molar-refractivity contribution in [2.75, 3.05) is 32.6 Å². The van der Waals surface area contributed by atoms with Crippen molar-refractivity contribution in [3.63, 3.8) is 0 Å². The van der Waals surface area contributed by atoms with E-state index < -0.39 is 16.0 Å². The number of aromatic nitrogens is 3. The van der Waals surface area contributed by atoms with E-state index in [-0.39, 0.29) is 22.4 Å². The molecule has 1 saturated carbocycles. The number of carboxylic acids is 1. The summed E-state index contributed by atoms with van der Waals surface area (Å²) in [5.74, 6) is -0.443. The van der Waals surface area contributed by atoms with Crippen molar-refractivity contribution < 1.29 is 27.8 Å². The highest BCUT2D eigenvalue weighted by Gasteiger charge is 2.31. The summed E-state index contributed by atoms with van der Waals surface area (Å²) in [6.45, 7) is 0.882. The van der Waals surface area contributed by atoms with Gasteiger partial charge in [-0.25, -0.2) is 18.2 Å². The third-order valence-electron chi connectivity index (χ3n) is 8.23. The molecule has 3 heterocycles. The number of aromatic carboxylic acids is 1. The Balaban J connectivity index is 1.50. The van der Waals surface area contributed by atoms with Crippen molar-refractivity contribution in [3.05, 3.63) is 59.9 Å². The van der Waals surface area contributed by atoms with Gasteiger partial charge in [-0.05, 0) is 67.0 Å². The highest BCUT2D eigenvalue weighted by Crippen LogP contribution is 2.40. The number of fused-ring (bicyclic) bond motifs is 1. The van der Waals surface area contributed by atoms with E-state index in [2.05, 4.69) is 20.3 Å². The number of nitrogens with zero attached hydrogens (tertiary/aromatic N) is 4. The highest BCUT2D eigenvalue weighted by molar-refractivity contribution is 7.89. The third-order valence-corrected chi connectivity index (χ3v) is 10.1. The van der Waals surface area contributed by atoms with E-state index in [9.17, 15) is 18.3 Å². The molecule has 2 N–H and O–H groups in total. The molecule has 43 heavy (non-hydrogen) atoms. The van der Waals surface area contributed by atoms with E-state index >= 15 is 0 Å². The van der Waals surface area contributed by atoms with Gasteiger partial charge in [-0.3, -0.25) is 4.98 Å². The molecule has 11 nitrogen and oxygen atoms in total. The lowest BCUT2D eigenvalue weighted by Gasteiger charge is -2.21. The number of pyridine rings is 1. The van der Waals surface area contributed by atoms with Gasteiger partial charge in [0.2, 0.25) is 15.9 Å². The maximum atomic E-state index is 13.9. The zero-order chi connectivity index (χ0) is 30.1. The Morgan fingerprint density at radius 3 is 2.44 bits per heavy atom. The van der Waals surface area contributed by atoms with Crippen LogP contribution in [0.5, 0.6) is 11.9 Å². The van der Waals surface area contributed by atoms with Crippen LogP contribution in [-0.4, -0.2) is 66.1 Å². The Morgan fingerprint density at radius 2 is 1.74 bits per heavy atom. The summed E-state index contributed by atoms with van der Waals surface area (Å²) in [6.07, 6.45) is 8.76. The third kappa shape index (κ3) is 5.59. The van der Waals surface area contributed by atoms with Gasteiger partial charge in [-0.1, -0.05) is 25.0 Å². The summed E-state index contributed by atoms with van der Waals surface area (Å²) in [5.41, 5.74) is 3.83. The molecule has 0 unspecified atom stereocenters. The number of hydrogen-bond donors (Lipinski definition) is 2. The Kier molecular flexibility index (Phi) is 7.89. The Hall–Kier alpha value is -4.29. The van der Waals surface area contributed by atoms with Crippen LogP contribution in [0.25, 0.3) is 22.0 Å². The average Bonchev–Trinajstić information content (AvgIpc) is 3.76. The number of hydrogen-bond acceptors (Lipinski definition) is 9. The van der Waals surface area contributed by atoms with Crippen LogP contribution in [0.2, 0.25) is 0 Å². The molecule has 1 saturated heterocycles. The molecule has 1 aliphatic carbocycles. The number of ether oxygens (including phenoxy) is 2. The molecule has 0 amide bonds. The van der Waals surface area contributed by atoms with Crippen LogP contribution in [0.4, 0.5) is 11.4 Å². The molecule has 6 rings (SSSR count). The summed E-state index contributed by atoms with van der Waals surface area (Å²) in [5, 5.41) is 13.8. The fourth-order valence-corrected chi connectivity index (χ4v) is 7.65. The highest BCUT2D eigenvalue weighted by atomic mass is 32.2. The van der Waals surface area contributed by atoms with E-state index in [1.54, 1.807) is 24.4 Å². The fourth-order valence-electron chi connectivity index (χ4n) is 6.02. The van der Waals surface area contributed by atoms with Gasteiger partial charge < -0.3 is 19.9 Å². The number of benzene rings is 2. The van der Waals surface area contributed by atoms with Crippen molar-refractivity contribution in [2.24, 2.45) is 0 Å². The summed E-state index contributed by atoms with van der Waals surface area (Å²) < 4.78 is 39.8. The summed E-state index contributed by atoms with van der Waals surface area (Å²) >= 11 is 0. The maximum Gasteiger partial charge on any atom is 0.335 e. The van der Waals surface area contributed by atoms with Crippen LogP contribution in [0.1, 0.15) is 60.4 Å². The topological polar surface area (TPSA) is 144 Å². The molecular formula is C31H33N5O6S. The number of anilines is 2. The molecule has 0 bridgehead atoms. The number of methoxy groups -OCH3 is 2. The maximum absolute atomic E-state index is 13.9. The minimum atomic E-state index is -3.88. The molecule has 12 heteroatoms. The first-order valence-electron chi connectivity index (χ1n) is 14.3. The van der Waals surface area contributed by atoms with E-state index in [0.29, 0.717) is 46.8 Å². The molecule has 2 aromatic heterocycles. The number of carboxylic acid groups (broad SMARTS) is 1.